The fourth-order valence-electron chi connectivity index (χ4n) is 2.08. The average Bonchev–Trinajstić information content (AvgIpc) is 2.37. The third-order valence-electron chi connectivity index (χ3n) is 3.45. The van der Waals surface area contributed by atoms with Crippen molar-refractivity contribution in [1.82, 2.24) is 10.6 Å². The van der Waals surface area contributed by atoms with E-state index in [1.807, 2.05) is 0 Å². The lowest BCUT2D eigenvalue weighted by atomic mass is 9.84. The second-order valence-corrected chi connectivity index (χ2v) is 6.58. The first-order valence-electron chi connectivity index (χ1n) is 7.41. The van der Waals surface area contributed by atoms with Gasteiger partial charge >= 0.3 is 0 Å². The van der Waals surface area contributed by atoms with Gasteiger partial charge in [0.2, 0.25) is 0 Å². The van der Waals surface area contributed by atoms with E-state index in [1.54, 1.807) is 0 Å². The Hall–Kier alpha value is -0.860. The fourth-order valence-corrected chi connectivity index (χ4v) is 2.08. The van der Waals surface area contributed by atoms with E-state index >= 15 is 0 Å². The zero-order valence-electron chi connectivity index (χ0n) is 13.2. The SMILES string of the molecule is CC(C)CNCC(C)NCC(C)(C)c1ccccc1. The van der Waals surface area contributed by atoms with Crippen LogP contribution in [0.4, 0.5) is 0 Å². The third-order valence-corrected chi connectivity index (χ3v) is 3.45. The van der Waals surface area contributed by atoms with Crippen molar-refractivity contribution < 1.29 is 0 Å². The molecule has 0 radical (unpaired) electrons. The summed E-state index contributed by atoms with van der Waals surface area (Å²) in [5.74, 6) is 0.716. The molecule has 1 atom stereocenters. The molecule has 2 nitrogen and oxygen atoms in total. The van der Waals surface area contributed by atoms with Crippen LogP contribution in [0.5, 0.6) is 0 Å². The number of benzene rings is 1. The molecule has 0 spiro atoms. The number of hydrogen-bond acceptors (Lipinski definition) is 2. The lowest BCUT2D eigenvalue weighted by Gasteiger charge is -2.28. The minimum Gasteiger partial charge on any atom is -0.315 e. The van der Waals surface area contributed by atoms with Gasteiger partial charge in [0.15, 0.2) is 0 Å². The Bertz CT molecular complexity index is 344. The van der Waals surface area contributed by atoms with E-state index in [-0.39, 0.29) is 5.41 Å². The molecule has 0 saturated carbocycles. The fraction of sp³-hybridized carbons (Fsp3) is 0.647. The summed E-state index contributed by atoms with van der Waals surface area (Å²) in [6.07, 6.45) is 0. The summed E-state index contributed by atoms with van der Waals surface area (Å²) in [6, 6.07) is 11.2. The molecule has 1 aromatic rings. The zero-order valence-corrected chi connectivity index (χ0v) is 13.2. The molecule has 2 N–H and O–H groups in total. The molecule has 1 rings (SSSR count). The quantitative estimate of drug-likeness (QED) is 0.752. The van der Waals surface area contributed by atoms with Crippen molar-refractivity contribution >= 4 is 0 Å². The van der Waals surface area contributed by atoms with Crippen LogP contribution in [-0.4, -0.2) is 25.7 Å². The summed E-state index contributed by atoms with van der Waals surface area (Å²) in [4.78, 5) is 0. The molecule has 19 heavy (non-hydrogen) atoms. The van der Waals surface area contributed by atoms with E-state index in [9.17, 15) is 0 Å². The number of rotatable bonds is 8. The summed E-state index contributed by atoms with van der Waals surface area (Å²) in [5, 5.41) is 7.13. The van der Waals surface area contributed by atoms with Crippen molar-refractivity contribution in [3.05, 3.63) is 35.9 Å². The first-order valence-corrected chi connectivity index (χ1v) is 7.41. The van der Waals surface area contributed by atoms with E-state index in [0.29, 0.717) is 12.0 Å². The Labute approximate surface area is 119 Å². The molecule has 108 valence electrons. The third kappa shape index (κ3) is 6.22. The predicted octanol–water partition coefficient (Wildman–Crippen LogP) is 3.19. The van der Waals surface area contributed by atoms with Crippen molar-refractivity contribution in [2.24, 2.45) is 5.92 Å². The van der Waals surface area contributed by atoms with E-state index in [1.165, 1.54) is 5.56 Å². The smallest absolute Gasteiger partial charge is 0.0164 e. The molecule has 1 aromatic carbocycles. The van der Waals surface area contributed by atoms with Gasteiger partial charge in [0, 0.05) is 24.5 Å². The molecule has 2 heteroatoms. The van der Waals surface area contributed by atoms with Gasteiger partial charge in [0.1, 0.15) is 0 Å². The van der Waals surface area contributed by atoms with Crippen LogP contribution >= 0.6 is 0 Å². The molecule has 0 amide bonds. The normalized spacial score (nSPS) is 13.8. The molecule has 0 aliphatic heterocycles. The molecular formula is C17H30N2. The van der Waals surface area contributed by atoms with Crippen LogP contribution in [0.15, 0.2) is 30.3 Å². The Kier molecular flexibility index (Phi) is 6.53. The van der Waals surface area contributed by atoms with E-state index < -0.39 is 0 Å². The number of hydrogen-bond donors (Lipinski definition) is 2. The van der Waals surface area contributed by atoms with Crippen molar-refractivity contribution in [2.45, 2.75) is 46.1 Å². The van der Waals surface area contributed by atoms with Crippen LogP contribution in [0, 0.1) is 5.92 Å². The van der Waals surface area contributed by atoms with Crippen LogP contribution in [0.2, 0.25) is 0 Å². The van der Waals surface area contributed by atoms with E-state index in [0.717, 1.165) is 19.6 Å². The molecule has 0 aromatic heterocycles. The highest BCUT2D eigenvalue weighted by Gasteiger charge is 2.20. The molecule has 0 aliphatic carbocycles. The van der Waals surface area contributed by atoms with Gasteiger partial charge in [-0.1, -0.05) is 58.0 Å². The van der Waals surface area contributed by atoms with Crippen molar-refractivity contribution in [2.75, 3.05) is 19.6 Å². The average molecular weight is 262 g/mol. The maximum absolute atomic E-state index is 3.63. The van der Waals surface area contributed by atoms with Crippen LogP contribution < -0.4 is 10.6 Å². The second kappa shape index (κ2) is 7.66. The molecule has 0 heterocycles. The molecule has 0 bridgehead atoms. The maximum Gasteiger partial charge on any atom is 0.0164 e. The molecule has 0 aliphatic rings. The number of nitrogens with one attached hydrogen (secondary N) is 2. The Morgan fingerprint density at radius 2 is 1.63 bits per heavy atom. The maximum atomic E-state index is 3.63. The summed E-state index contributed by atoms with van der Waals surface area (Å²) in [7, 11) is 0. The molecule has 0 saturated heterocycles. The first-order chi connectivity index (χ1) is 8.92. The van der Waals surface area contributed by atoms with Crippen molar-refractivity contribution in [1.29, 1.82) is 0 Å². The molecule has 1 unspecified atom stereocenters. The highest BCUT2D eigenvalue weighted by atomic mass is 15.0. The Morgan fingerprint density at radius 1 is 1.00 bits per heavy atom. The zero-order chi connectivity index (χ0) is 14.3. The first kappa shape index (κ1) is 16.2. The van der Waals surface area contributed by atoms with Gasteiger partial charge in [0.25, 0.3) is 0 Å². The summed E-state index contributed by atoms with van der Waals surface area (Å²) >= 11 is 0. The second-order valence-electron chi connectivity index (χ2n) is 6.58. The molecular weight excluding hydrogens is 232 g/mol. The van der Waals surface area contributed by atoms with Crippen LogP contribution in [0.1, 0.15) is 40.2 Å². The van der Waals surface area contributed by atoms with Crippen LogP contribution in [-0.2, 0) is 5.41 Å². The van der Waals surface area contributed by atoms with Crippen LogP contribution in [0.3, 0.4) is 0 Å². The van der Waals surface area contributed by atoms with Gasteiger partial charge in [-0.25, -0.2) is 0 Å². The van der Waals surface area contributed by atoms with Gasteiger partial charge in [-0.15, -0.1) is 0 Å². The topological polar surface area (TPSA) is 24.1 Å². The van der Waals surface area contributed by atoms with E-state index in [4.69, 9.17) is 0 Å². The van der Waals surface area contributed by atoms with Gasteiger partial charge < -0.3 is 10.6 Å². The van der Waals surface area contributed by atoms with Gasteiger partial charge in [-0.3, -0.25) is 0 Å². The van der Waals surface area contributed by atoms with Crippen LogP contribution in [0.25, 0.3) is 0 Å². The van der Waals surface area contributed by atoms with Crippen molar-refractivity contribution in [3.63, 3.8) is 0 Å². The Balaban J connectivity index is 2.34. The summed E-state index contributed by atoms with van der Waals surface area (Å²) < 4.78 is 0. The summed E-state index contributed by atoms with van der Waals surface area (Å²) in [6.45, 7) is 14.4. The van der Waals surface area contributed by atoms with Gasteiger partial charge in [0.05, 0.1) is 0 Å². The van der Waals surface area contributed by atoms with Crippen molar-refractivity contribution in [3.8, 4) is 0 Å². The minimum atomic E-state index is 0.174. The monoisotopic (exact) mass is 262 g/mol. The largest absolute Gasteiger partial charge is 0.315 e. The predicted molar refractivity (Wildman–Crippen MR) is 84.6 cm³/mol. The highest BCUT2D eigenvalue weighted by Crippen LogP contribution is 2.21. The minimum absolute atomic E-state index is 0.174. The Morgan fingerprint density at radius 3 is 2.21 bits per heavy atom. The van der Waals surface area contributed by atoms with E-state index in [2.05, 4.69) is 75.6 Å². The lowest BCUT2D eigenvalue weighted by molar-refractivity contribution is 0.410. The highest BCUT2D eigenvalue weighted by molar-refractivity contribution is 5.23. The lowest BCUT2D eigenvalue weighted by Crippen LogP contribution is -2.43. The standard InChI is InChI=1S/C17H30N2/c1-14(2)11-18-12-15(3)19-13-17(4,5)16-9-7-6-8-10-16/h6-10,14-15,18-19H,11-13H2,1-5H3. The van der Waals surface area contributed by atoms with Gasteiger partial charge in [-0.05, 0) is 24.9 Å². The molecule has 0 fully saturated rings. The van der Waals surface area contributed by atoms with Gasteiger partial charge in [-0.2, -0.15) is 0 Å². The summed E-state index contributed by atoms with van der Waals surface area (Å²) in [5.41, 5.74) is 1.57.